The normalized spacial score (nSPS) is 14.6. The standard InChI is InChI=1S/C20H24BrN3O.2ClH/c1-23-12-10-16(11-13-23)24(2)17-7-5-6-15(14-17)22-20(25)18-8-3-4-9-19(18)21;;/h3-9,14,16H,10-13H2,1-2H3,(H,22,25);2*1H. The lowest BCUT2D eigenvalue weighted by Gasteiger charge is -2.36. The summed E-state index contributed by atoms with van der Waals surface area (Å²) >= 11 is 3.43. The van der Waals surface area contributed by atoms with Crippen molar-refractivity contribution in [3.8, 4) is 0 Å². The van der Waals surface area contributed by atoms with Gasteiger partial charge in [-0.15, -0.1) is 24.8 Å². The van der Waals surface area contributed by atoms with Crippen LogP contribution in [0.4, 0.5) is 11.4 Å². The zero-order valence-electron chi connectivity index (χ0n) is 15.5. The number of benzene rings is 2. The fraction of sp³-hybridized carbons (Fsp3) is 0.350. The van der Waals surface area contributed by atoms with E-state index in [2.05, 4.69) is 51.2 Å². The summed E-state index contributed by atoms with van der Waals surface area (Å²) in [6.07, 6.45) is 2.33. The van der Waals surface area contributed by atoms with Crippen LogP contribution in [0.2, 0.25) is 0 Å². The molecule has 0 saturated carbocycles. The Kier molecular flexibility index (Phi) is 9.60. The Labute approximate surface area is 182 Å². The number of nitrogens with one attached hydrogen (secondary N) is 1. The Bertz CT molecular complexity index is 752. The highest BCUT2D eigenvalue weighted by molar-refractivity contribution is 9.10. The molecule has 1 aliphatic heterocycles. The predicted octanol–water partition coefficient (Wildman–Crippen LogP) is 5.08. The first-order valence-corrected chi connectivity index (χ1v) is 9.41. The molecule has 27 heavy (non-hydrogen) atoms. The van der Waals surface area contributed by atoms with Gasteiger partial charge in [0.15, 0.2) is 0 Å². The highest BCUT2D eigenvalue weighted by Gasteiger charge is 2.21. The molecule has 7 heteroatoms. The molecule has 148 valence electrons. The van der Waals surface area contributed by atoms with Gasteiger partial charge in [-0.25, -0.2) is 0 Å². The molecule has 1 heterocycles. The fourth-order valence-electron chi connectivity index (χ4n) is 3.24. The van der Waals surface area contributed by atoms with Crippen molar-refractivity contribution >= 4 is 58.0 Å². The van der Waals surface area contributed by atoms with Crippen molar-refractivity contribution in [1.82, 2.24) is 4.90 Å². The lowest BCUT2D eigenvalue weighted by atomic mass is 10.0. The molecule has 0 atom stereocenters. The van der Waals surface area contributed by atoms with Crippen molar-refractivity contribution in [1.29, 1.82) is 0 Å². The van der Waals surface area contributed by atoms with Crippen LogP contribution in [0, 0.1) is 0 Å². The first kappa shape index (κ1) is 23.8. The van der Waals surface area contributed by atoms with Crippen molar-refractivity contribution in [2.45, 2.75) is 18.9 Å². The molecule has 0 unspecified atom stereocenters. The first-order valence-electron chi connectivity index (χ1n) is 8.62. The van der Waals surface area contributed by atoms with Crippen molar-refractivity contribution in [2.75, 3.05) is 37.4 Å². The largest absolute Gasteiger partial charge is 0.371 e. The smallest absolute Gasteiger partial charge is 0.256 e. The summed E-state index contributed by atoms with van der Waals surface area (Å²) in [5.74, 6) is -0.105. The molecule has 0 radical (unpaired) electrons. The monoisotopic (exact) mass is 473 g/mol. The number of likely N-dealkylation sites (tertiary alicyclic amines) is 1. The maximum Gasteiger partial charge on any atom is 0.256 e. The number of piperidine rings is 1. The maximum absolute atomic E-state index is 12.5. The molecule has 1 saturated heterocycles. The average Bonchev–Trinajstić information content (AvgIpc) is 2.62. The summed E-state index contributed by atoms with van der Waals surface area (Å²) in [4.78, 5) is 17.2. The van der Waals surface area contributed by atoms with Gasteiger partial charge in [-0.2, -0.15) is 0 Å². The van der Waals surface area contributed by atoms with Gasteiger partial charge < -0.3 is 15.1 Å². The van der Waals surface area contributed by atoms with Crippen LogP contribution in [-0.2, 0) is 0 Å². The highest BCUT2D eigenvalue weighted by Crippen LogP contribution is 2.25. The van der Waals surface area contributed by atoms with Crippen LogP contribution in [0.5, 0.6) is 0 Å². The summed E-state index contributed by atoms with van der Waals surface area (Å²) < 4.78 is 0.798. The first-order chi connectivity index (χ1) is 12.0. The SMILES string of the molecule is CN1CCC(N(C)c2cccc(NC(=O)c3ccccc3Br)c2)CC1.Cl.Cl. The van der Waals surface area contributed by atoms with E-state index in [1.165, 1.54) is 12.8 Å². The molecule has 0 aromatic heterocycles. The van der Waals surface area contributed by atoms with Crippen molar-refractivity contribution in [2.24, 2.45) is 0 Å². The third-order valence-electron chi connectivity index (χ3n) is 4.87. The number of nitrogens with zero attached hydrogens (tertiary/aromatic N) is 2. The summed E-state index contributed by atoms with van der Waals surface area (Å²) in [6.45, 7) is 2.26. The molecule has 1 N–H and O–H groups in total. The molecular weight excluding hydrogens is 449 g/mol. The Morgan fingerprint density at radius 3 is 2.44 bits per heavy atom. The molecule has 0 bridgehead atoms. The minimum atomic E-state index is -0.105. The number of carbonyl (C=O) groups is 1. The van der Waals surface area contributed by atoms with Crippen molar-refractivity contribution < 1.29 is 4.79 Å². The number of halogens is 3. The van der Waals surface area contributed by atoms with E-state index in [0.717, 1.165) is 28.9 Å². The van der Waals surface area contributed by atoms with E-state index < -0.39 is 0 Å². The highest BCUT2D eigenvalue weighted by atomic mass is 79.9. The number of hydrogen-bond donors (Lipinski definition) is 1. The quantitative estimate of drug-likeness (QED) is 0.671. The molecule has 3 rings (SSSR count). The van der Waals surface area contributed by atoms with E-state index in [9.17, 15) is 4.79 Å². The van der Waals surface area contributed by atoms with Gasteiger partial charge >= 0.3 is 0 Å². The van der Waals surface area contributed by atoms with Gasteiger partial charge in [0, 0.05) is 28.9 Å². The van der Waals surface area contributed by atoms with Gasteiger partial charge in [-0.3, -0.25) is 4.79 Å². The maximum atomic E-state index is 12.5. The zero-order chi connectivity index (χ0) is 17.8. The minimum Gasteiger partial charge on any atom is -0.371 e. The van der Waals surface area contributed by atoms with E-state index in [1.54, 1.807) is 0 Å². The fourth-order valence-corrected chi connectivity index (χ4v) is 3.70. The van der Waals surface area contributed by atoms with E-state index in [4.69, 9.17) is 0 Å². The van der Waals surface area contributed by atoms with E-state index in [-0.39, 0.29) is 30.7 Å². The van der Waals surface area contributed by atoms with Crippen LogP contribution in [0.3, 0.4) is 0 Å². The summed E-state index contributed by atoms with van der Waals surface area (Å²) in [7, 11) is 4.32. The Hall–Kier alpha value is -1.27. The lowest BCUT2D eigenvalue weighted by molar-refractivity contribution is 0.102. The molecule has 0 aliphatic carbocycles. The van der Waals surface area contributed by atoms with Crippen LogP contribution < -0.4 is 10.2 Å². The molecule has 1 amide bonds. The minimum absolute atomic E-state index is 0. The molecule has 1 fully saturated rings. The second-order valence-corrected chi connectivity index (χ2v) is 7.48. The molecule has 0 spiro atoms. The van der Waals surface area contributed by atoms with Gasteiger partial charge in [-0.1, -0.05) is 18.2 Å². The van der Waals surface area contributed by atoms with Crippen LogP contribution in [0.25, 0.3) is 0 Å². The van der Waals surface area contributed by atoms with Crippen molar-refractivity contribution in [3.63, 3.8) is 0 Å². The van der Waals surface area contributed by atoms with E-state index in [0.29, 0.717) is 11.6 Å². The number of rotatable bonds is 4. The Morgan fingerprint density at radius 2 is 1.78 bits per heavy atom. The van der Waals surface area contributed by atoms with Crippen molar-refractivity contribution in [3.05, 3.63) is 58.6 Å². The lowest BCUT2D eigenvalue weighted by Crippen LogP contribution is -2.42. The van der Waals surface area contributed by atoms with Crippen LogP contribution in [-0.4, -0.2) is 44.0 Å². The summed E-state index contributed by atoms with van der Waals surface area (Å²) in [6, 6.07) is 16.1. The Morgan fingerprint density at radius 1 is 1.11 bits per heavy atom. The van der Waals surface area contributed by atoms with Gasteiger partial charge in [-0.05, 0) is 79.2 Å². The topological polar surface area (TPSA) is 35.6 Å². The number of amides is 1. The summed E-state index contributed by atoms with van der Waals surface area (Å²) in [5.41, 5.74) is 2.59. The van der Waals surface area contributed by atoms with Gasteiger partial charge in [0.25, 0.3) is 5.91 Å². The average molecular weight is 475 g/mol. The summed E-state index contributed by atoms with van der Waals surface area (Å²) in [5, 5.41) is 3.00. The Balaban J connectivity index is 0.00000182. The molecule has 4 nitrogen and oxygen atoms in total. The second-order valence-electron chi connectivity index (χ2n) is 6.63. The van der Waals surface area contributed by atoms with Crippen LogP contribution in [0.1, 0.15) is 23.2 Å². The number of carbonyl (C=O) groups excluding carboxylic acids is 1. The van der Waals surface area contributed by atoms with Crippen LogP contribution >= 0.6 is 40.7 Å². The van der Waals surface area contributed by atoms with E-state index >= 15 is 0 Å². The van der Waals surface area contributed by atoms with E-state index in [1.807, 2.05) is 42.5 Å². The second kappa shape index (κ2) is 10.9. The molecule has 2 aromatic rings. The van der Waals surface area contributed by atoms with Gasteiger partial charge in [0.2, 0.25) is 0 Å². The third kappa shape index (κ3) is 6.11. The number of anilines is 2. The van der Waals surface area contributed by atoms with Gasteiger partial charge in [0.05, 0.1) is 5.56 Å². The van der Waals surface area contributed by atoms with Crippen LogP contribution in [0.15, 0.2) is 53.0 Å². The third-order valence-corrected chi connectivity index (χ3v) is 5.56. The number of hydrogen-bond acceptors (Lipinski definition) is 3. The molecule has 2 aromatic carbocycles. The molecular formula is C20H26BrCl2N3O. The van der Waals surface area contributed by atoms with Gasteiger partial charge in [0.1, 0.15) is 0 Å². The predicted molar refractivity (Wildman–Crippen MR) is 122 cm³/mol. The molecule has 1 aliphatic rings. The zero-order valence-corrected chi connectivity index (χ0v) is 18.7.